The molecule has 1 aromatic rings. The second-order valence-corrected chi connectivity index (χ2v) is 5.69. The van der Waals surface area contributed by atoms with E-state index in [-0.39, 0.29) is 11.7 Å². The zero-order valence-corrected chi connectivity index (χ0v) is 11.6. The molecule has 19 heavy (non-hydrogen) atoms. The smallest absolute Gasteiger partial charge is 0.255 e. The summed E-state index contributed by atoms with van der Waals surface area (Å²) in [5.41, 5.74) is 0.361. The van der Waals surface area contributed by atoms with E-state index < -0.39 is 0 Å². The van der Waals surface area contributed by atoms with Crippen LogP contribution in [0.3, 0.4) is 0 Å². The first-order valence-electron chi connectivity index (χ1n) is 7.23. The van der Waals surface area contributed by atoms with Crippen LogP contribution in [0.15, 0.2) is 24.3 Å². The van der Waals surface area contributed by atoms with E-state index in [1.165, 1.54) is 31.7 Å². The van der Waals surface area contributed by atoms with E-state index in [9.17, 15) is 9.90 Å². The Morgan fingerprint density at radius 3 is 2.63 bits per heavy atom. The normalized spacial score (nSPS) is 23.0. The van der Waals surface area contributed by atoms with Crippen LogP contribution >= 0.6 is 0 Å². The number of phenolic OH excluding ortho intramolecular Hbond substituents is 1. The average Bonchev–Trinajstić information content (AvgIpc) is 2.41. The molecule has 2 N–H and O–H groups in total. The molecule has 1 fully saturated rings. The molecule has 3 nitrogen and oxygen atoms in total. The minimum atomic E-state index is -0.178. The molecular weight excluding hydrogens is 238 g/mol. The predicted molar refractivity (Wildman–Crippen MR) is 76.2 cm³/mol. The van der Waals surface area contributed by atoms with Gasteiger partial charge in [0, 0.05) is 6.54 Å². The Labute approximate surface area is 115 Å². The van der Waals surface area contributed by atoms with E-state index in [0.29, 0.717) is 12.1 Å². The minimum absolute atomic E-state index is 0.0477. The molecule has 0 aromatic heterocycles. The third-order valence-corrected chi connectivity index (χ3v) is 4.12. The molecule has 3 heteroatoms. The quantitative estimate of drug-likeness (QED) is 0.873. The van der Waals surface area contributed by atoms with Crippen LogP contribution in [0.1, 0.15) is 49.4 Å². The SMILES string of the molecule is CC1CCC(CCNC(=O)c2ccccc2O)CC1. The second kappa shape index (κ2) is 6.60. The molecule has 2 rings (SSSR count). The molecule has 0 saturated heterocycles. The Morgan fingerprint density at radius 2 is 1.95 bits per heavy atom. The molecule has 1 aliphatic carbocycles. The highest BCUT2D eigenvalue weighted by atomic mass is 16.3. The molecule has 0 heterocycles. The number of para-hydroxylation sites is 1. The third kappa shape index (κ3) is 3.98. The largest absolute Gasteiger partial charge is 0.507 e. The first-order chi connectivity index (χ1) is 9.16. The van der Waals surface area contributed by atoms with Gasteiger partial charge in [0.2, 0.25) is 0 Å². The van der Waals surface area contributed by atoms with Gasteiger partial charge in [-0.2, -0.15) is 0 Å². The van der Waals surface area contributed by atoms with Gasteiger partial charge in [0.15, 0.2) is 0 Å². The topological polar surface area (TPSA) is 49.3 Å². The van der Waals surface area contributed by atoms with Crippen LogP contribution in [-0.2, 0) is 0 Å². The summed E-state index contributed by atoms with van der Waals surface area (Å²) in [4.78, 5) is 11.9. The molecule has 0 atom stereocenters. The molecule has 1 aliphatic rings. The summed E-state index contributed by atoms with van der Waals surface area (Å²) in [7, 11) is 0. The maximum absolute atomic E-state index is 11.9. The monoisotopic (exact) mass is 261 g/mol. The van der Waals surface area contributed by atoms with Crippen LogP contribution < -0.4 is 5.32 Å². The predicted octanol–water partition coefficient (Wildman–Crippen LogP) is 3.34. The molecule has 1 aromatic carbocycles. The van der Waals surface area contributed by atoms with Crippen molar-refractivity contribution in [2.75, 3.05) is 6.54 Å². The number of carbonyl (C=O) groups is 1. The number of carbonyl (C=O) groups excluding carboxylic acids is 1. The van der Waals surface area contributed by atoms with Crippen molar-refractivity contribution in [2.24, 2.45) is 11.8 Å². The highest BCUT2D eigenvalue weighted by Gasteiger charge is 2.18. The number of amides is 1. The summed E-state index contributed by atoms with van der Waals surface area (Å²) < 4.78 is 0. The van der Waals surface area contributed by atoms with Crippen molar-refractivity contribution < 1.29 is 9.90 Å². The van der Waals surface area contributed by atoms with Gasteiger partial charge in [-0.1, -0.05) is 44.7 Å². The fourth-order valence-electron chi connectivity index (χ4n) is 2.77. The summed E-state index contributed by atoms with van der Waals surface area (Å²) >= 11 is 0. The Kier molecular flexibility index (Phi) is 4.83. The zero-order valence-electron chi connectivity index (χ0n) is 11.6. The van der Waals surface area contributed by atoms with Gasteiger partial charge < -0.3 is 10.4 Å². The van der Waals surface area contributed by atoms with E-state index in [1.54, 1.807) is 18.2 Å². The van der Waals surface area contributed by atoms with Crippen molar-refractivity contribution in [3.63, 3.8) is 0 Å². The maximum Gasteiger partial charge on any atom is 0.255 e. The van der Waals surface area contributed by atoms with Gasteiger partial charge in [0.05, 0.1) is 5.56 Å². The van der Waals surface area contributed by atoms with Crippen molar-refractivity contribution in [2.45, 2.75) is 39.0 Å². The zero-order chi connectivity index (χ0) is 13.7. The molecule has 0 spiro atoms. The first kappa shape index (κ1) is 13.9. The number of aromatic hydroxyl groups is 1. The summed E-state index contributed by atoms with van der Waals surface area (Å²) in [5.74, 6) is 1.49. The van der Waals surface area contributed by atoms with Crippen molar-refractivity contribution in [3.05, 3.63) is 29.8 Å². The van der Waals surface area contributed by atoms with Crippen molar-refractivity contribution in [1.82, 2.24) is 5.32 Å². The highest BCUT2D eigenvalue weighted by molar-refractivity contribution is 5.96. The fourth-order valence-corrected chi connectivity index (χ4v) is 2.77. The van der Waals surface area contributed by atoms with Crippen LogP contribution in [-0.4, -0.2) is 17.6 Å². The lowest BCUT2D eigenvalue weighted by atomic mass is 9.81. The van der Waals surface area contributed by atoms with E-state index in [1.807, 2.05) is 0 Å². The molecule has 0 unspecified atom stereocenters. The number of benzene rings is 1. The van der Waals surface area contributed by atoms with Crippen LogP contribution in [0.25, 0.3) is 0 Å². The Hall–Kier alpha value is -1.51. The lowest BCUT2D eigenvalue weighted by Gasteiger charge is -2.26. The third-order valence-electron chi connectivity index (χ3n) is 4.12. The second-order valence-electron chi connectivity index (χ2n) is 5.69. The minimum Gasteiger partial charge on any atom is -0.507 e. The summed E-state index contributed by atoms with van der Waals surface area (Å²) in [6, 6.07) is 6.66. The molecule has 104 valence electrons. The van der Waals surface area contributed by atoms with Gasteiger partial charge in [-0.3, -0.25) is 4.79 Å². The Balaban J connectivity index is 1.74. The maximum atomic E-state index is 11.9. The number of hydrogen-bond donors (Lipinski definition) is 2. The lowest BCUT2D eigenvalue weighted by molar-refractivity contribution is 0.0947. The molecular formula is C16H23NO2. The number of rotatable bonds is 4. The van der Waals surface area contributed by atoms with E-state index in [4.69, 9.17) is 0 Å². The summed E-state index contributed by atoms with van der Waals surface area (Å²) in [5, 5.41) is 12.5. The molecule has 1 amide bonds. The molecule has 1 saturated carbocycles. The van der Waals surface area contributed by atoms with E-state index in [2.05, 4.69) is 12.2 Å². The van der Waals surface area contributed by atoms with Gasteiger partial charge in [-0.25, -0.2) is 0 Å². The van der Waals surface area contributed by atoms with Crippen LogP contribution in [0.5, 0.6) is 5.75 Å². The summed E-state index contributed by atoms with van der Waals surface area (Å²) in [6.07, 6.45) is 6.25. The fraction of sp³-hybridized carbons (Fsp3) is 0.562. The van der Waals surface area contributed by atoms with Crippen LogP contribution in [0.4, 0.5) is 0 Å². The highest BCUT2D eigenvalue weighted by Crippen LogP contribution is 2.29. The van der Waals surface area contributed by atoms with Gasteiger partial charge in [0.1, 0.15) is 5.75 Å². The first-order valence-corrected chi connectivity index (χ1v) is 7.23. The van der Waals surface area contributed by atoms with Gasteiger partial charge in [-0.05, 0) is 30.4 Å². The molecule has 0 bridgehead atoms. The lowest BCUT2D eigenvalue weighted by Crippen LogP contribution is -2.26. The molecule has 0 aliphatic heterocycles. The van der Waals surface area contributed by atoms with Crippen molar-refractivity contribution in [3.8, 4) is 5.75 Å². The van der Waals surface area contributed by atoms with Gasteiger partial charge in [0.25, 0.3) is 5.91 Å². The summed E-state index contributed by atoms with van der Waals surface area (Å²) in [6.45, 7) is 3.02. The van der Waals surface area contributed by atoms with Crippen molar-refractivity contribution in [1.29, 1.82) is 0 Å². The van der Waals surface area contributed by atoms with Crippen molar-refractivity contribution >= 4 is 5.91 Å². The number of phenols is 1. The average molecular weight is 261 g/mol. The van der Waals surface area contributed by atoms with Crippen LogP contribution in [0, 0.1) is 11.8 Å². The standard InChI is InChI=1S/C16H23NO2/c1-12-6-8-13(9-7-12)10-11-17-16(19)14-4-2-3-5-15(14)18/h2-5,12-13,18H,6-11H2,1H3,(H,17,19). The van der Waals surface area contributed by atoms with Gasteiger partial charge in [-0.15, -0.1) is 0 Å². The number of nitrogens with one attached hydrogen (secondary N) is 1. The number of hydrogen-bond acceptors (Lipinski definition) is 2. The van der Waals surface area contributed by atoms with E-state index in [0.717, 1.165) is 18.3 Å². The van der Waals surface area contributed by atoms with Gasteiger partial charge >= 0.3 is 0 Å². The Bertz CT molecular complexity index is 423. The van der Waals surface area contributed by atoms with E-state index >= 15 is 0 Å². The Morgan fingerprint density at radius 1 is 1.26 bits per heavy atom. The molecule has 0 radical (unpaired) electrons. The van der Waals surface area contributed by atoms with Crippen LogP contribution in [0.2, 0.25) is 0 Å².